The summed E-state index contributed by atoms with van der Waals surface area (Å²) >= 11 is 11.4. The normalized spacial score (nSPS) is 11.5. The SMILES string of the molecule is O=S(=O)(Cc1ccc(F)cc1Cl)c1ccc(Cl)cn1. The largest absolute Gasteiger partial charge is 0.243 e. The summed E-state index contributed by atoms with van der Waals surface area (Å²) in [5.74, 6) is -0.864. The molecule has 1 heterocycles. The fourth-order valence-corrected chi connectivity index (χ4v) is 3.19. The first-order chi connectivity index (χ1) is 8.88. The van der Waals surface area contributed by atoms with E-state index < -0.39 is 15.7 Å². The molecule has 100 valence electrons. The molecule has 0 radical (unpaired) electrons. The van der Waals surface area contributed by atoms with Crippen molar-refractivity contribution < 1.29 is 12.8 Å². The van der Waals surface area contributed by atoms with Gasteiger partial charge in [-0.25, -0.2) is 17.8 Å². The minimum absolute atomic E-state index is 0.0672. The van der Waals surface area contributed by atoms with E-state index in [0.717, 1.165) is 12.1 Å². The van der Waals surface area contributed by atoms with Crippen molar-refractivity contribution in [1.29, 1.82) is 0 Å². The molecule has 0 saturated carbocycles. The van der Waals surface area contributed by atoms with E-state index >= 15 is 0 Å². The molecule has 0 bridgehead atoms. The van der Waals surface area contributed by atoms with Crippen molar-refractivity contribution >= 4 is 33.0 Å². The zero-order valence-corrected chi connectivity index (χ0v) is 11.8. The third-order valence-electron chi connectivity index (χ3n) is 2.38. The van der Waals surface area contributed by atoms with E-state index in [1.165, 1.54) is 24.4 Å². The van der Waals surface area contributed by atoms with Crippen LogP contribution in [-0.2, 0) is 15.6 Å². The second-order valence-corrected chi connectivity index (χ2v) is 6.59. The third-order valence-corrected chi connectivity index (χ3v) is 4.52. The van der Waals surface area contributed by atoms with Crippen LogP contribution in [0.1, 0.15) is 5.56 Å². The maximum atomic E-state index is 12.9. The fraction of sp³-hybridized carbons (Fsp3) is 0.0833. The number of hydrogen-bond acceptors (Lipinski definition) is 3. The average Bonchev–Trinajstić information content (AvgIpc) is 2.33. The van der Waals surface area contributed by atoms with E-state index in [1.54, 1.807) is 0 Å². The molecular weight excluding hydrogens is 312 g/mol. The van der Waals surface area contributed by atoms with Crippen molar-refractivity contribution in [1.82, 2.24) is 4.98 Å². The van der Waals surface area contributed by atoms with Crippen LogP contribution in [0.25, 0.3) is 0 Å². The Bertz CT molecular complexity index is 702. The molecule has 0 aliphatic heterocycles. The number of benzene rings is 1. The lowest BCUT2D eigenvalue weighted by molar-refractivity contribution is 0.591. The highest BCUT2D eigenvalue weighted by Gasteiger charge is 2.18. The first-order valence-electron chi connectivity index (χ1n) is 5.17. The summed E-state index contributed by atoms with van der Waals surface area (Å²) in [4.78, 5) is 3.76. The lowest BCUT2D eigenvalue weighted by Crippen LogP contribution is -2.07. The molecule has 7 heteroatoms. The van der Waals surface area contributed by atoms with Crippen LogP contribution >= 0.6 is 23.2 Å². The first kappa shape index (κ1) is 14.2. The number of hydrogen-bond donors (Lipinski definition) is 0. The van der Waals surface area contributed by atoms with Gasteiger partial charge in [-0.3, -0.25) is 0 Å². The number of nitrogens with zero attached hydrogens (tertiary/aromatic N) is 1. The molecule has 0 spiro atoms. The summed E-state index contributed by atoms with van der Waals surface area (Å²) < 4.78 is 37.1. The highest BCUT2D eigenvalue weighted by atomic mass is 35.5. The Kier molecular flexibility index (Phi) is 4.08. The molecule has 0 amide bonds. The van der Waals surface area contributed by atoms with Crippen LogP contribution in [0.2, 0.25) is 10.0 Å². The maximum Gasteiger partial charge on any atom is 0.199 e. The van der Waals surface area contributed by atoms with Gasteiger partial charge < -0.3 is 0 Å². The van der Waals surface area contributed by atoms with Crippen LogP contribution < -0.4 is 0 Å². The van der Waals surface area contributed by atoms with Crippen molar-refractivity contribution in [3.63, 3.8) is 0 Å². The van der Waals surface area contributed by atoms with Crippen molar-refractivity contribution in [3.8, 4) is 0 Å². The summed E-state index contributed by atoms with van der Waals surface area (Å²) in [7, 11) is -3.64. The van der Waals surface area contributed by atoms with Crippen LogP contribution in [0.15, 0.2) is 41.6 Å². The lowest BCUT2D eigenvalue weighted by atomic mass is 10.2. The molecule has 1 aromatic carbocycles. The highest BCUT2D eigenvalue weighted by molar-refractivity contribution is 7.90. The van der Waals surface area contributed by atoms with Gasteiger partial charge in [-0.1, -0.05) is 29.3 Å². The summed E-state index contributed by atoms with van der Waals surface area (Å²) in [6.45, 7) is 0. The second kappa shape index (κ2) is 5.45. The zero-order chi connectivity index (χ0) is 14.0. The molecular formula is C12H8Cl2FNO2S. The van der Waals surface area contributed by atoms with E-state index in [9.17, 15) is 12.8 Å². The van der Waals surface area contributed by atoms with Crippen LogP contribution in [-0.4, -0.2) is 13.4 Å². The van der Waals surface area contributed by atoms with E-state index in [4.69, 9.17) is 23.2 Å². The molecule has 0 N–H and O–H groups in total. The monoisotopic (exact) mass is 319 g/mol. The quantitative estimate of drug-likeness (QED) is 0.869. The molecule has 2 aromatic rings. The number of aromatic nitrogens is 1. The van der Waals surface area contributed by atoms with Crippen LogP contribution in [0.5, 0.6) is 0 Å². The lowest BCUT2D eigenvalue weighted by Gasteiger charge is -2.06. The van der Waals surface area contributed by atoms with Gasteiger partial charge in [-0.05, 0) is 29.8 Å². The van der Waals surface area contributed by atoms with Gasteiger partial charge in [-0.15, -0.1) is 0 Å². The Morgan fingerprint density at radius 3 is 2.47 bits per heavy atom. The summed E-state index contributed by atoms with van der Waals surface area (Å²) in [5.41, 5.74) is 0.319. The molecule has 0 fully saturated rings. The Labute approximate surface area is 119 Å². The van der Waals surface area contributed by atoms with Crippen molar-refractivity contribution in [2.24, 2.45) is 0 Å². The first-order valence-corrected chi connectivity index (χ1v) is 7.57. The van der Waals surface area contributed by atoms with Gasteiger partial charge in [-0.2, -0.15) is 0 Å². The zero-order valence-electron chi connectivity index (χ0n) is 9.48. The predicted molar refractivity (Wildman–Crippen MR) is 71.5 cm³/mol. The molecule has 0 atom stereocenters. The fourth-order valence-electron chi connectivity index (χ4n) is 1.46. The van der Waals surface area contributed by atoms with Crippen LogP contribution in [0.3, 0.4) is 0 Å². The molecule has 19 heavy (non-hydrogen) atoms. The predicted octanol–water partition coefficient (Wildman–Crippen LogP) is 3.50. The van der Waals surface area contributed by atoms with Gasteiger partial charge in [0, 0.05) is 11.2 Å². The number of pyridine rings is 1. The minimum Gasteiger partial charge on any atom is -0.243 e. The van der Waals surface area contributed by atoms with E-state index in [-0.39, 0.29) is 15.8 Å². The molecule has 0 unspecified atom stereocenters. The average molecular weight is 320 g/mol. The molecule has 0 aliphatic carbocycles. The van der Waals surface area contributed by atoms with Gasteiger partial charge in [0.05, 0.1) is 10.8 Å². The molecule has 1 aromatic heterocycles. The summed E-state index contributed by atoms with van der Waals surface area (Å²) in [5, 5.41) is 0.314. The number of halogens is 3. The Morgan fingerprint density at radius 2 is 1.89 bits per heavy atom. The van der Waals surface area contributed by atoms with Gasteiger partial charge in [0.15, 0.2) is 14.9 Å². The van der Waals surface area contributed by atoms with Gasteiger partial charge in [0.25, 0.3) is 0 Å². The summed E-state index contributed by atoms with van der Waals surface area (Å²) in [6.07, 6.45) is 1.25. The Balaban J connectivity index is 2.33. The molecule has 0 aliphatic rings. The third kappa shape index (κ3) is 3.43. The molecule has 3 nitrogen and oxygen atoms in total. The topological polar surface area (TPSA) is 47.0 Å². The highest BCUT2D eigenvalue weighted by Crippen LogP contribution is 2.22. The molecule has 0 saturated heterocycles. The second-order valence-electron chi connectivity index (χ2n) is 3.81. The van der Waals surface area contributed by atoms with Crippen molar-refractivity contribution in [3.05, 3.63) is 58.0 Å². The van der Waals surface area contributed by atoms with Gasteiger partial charge >= 0.3 is 0 Å². The standard InChI is InChI=1S/C12H8Cl2FNO2S/c13-9-2-4-12(16-6-9)19(17,18)7-8-1-3-10(15)5-11(8)14/h1-6H,7H2. The number of rotatable bonds is 3. The van der Waals surface area contributed by atoms with Crippen molar-refractivity contribution in [2.45, 2.75) is 10.8 Å². The van der Waals surface area contributed by atoms with Crippen LogP contribution in [0.4, 0.5) is 4.39 Å². The van der Waals surface area contributed by atoms with Gasteiger partial charge in [0.1, 0.15) is 5.82 Å². The van der Waals surface area contributed by atoms with Gasteiger partial charge in [0.2, 0.25) is 0 Å². The smallest absolute Gasteiger partial charge is 0.199 e. The summed E-state index contributed by atoms with van der Waals surface area (Å²) in [6, 6.07) is 6.32. The number of sulfone groups is 1. The minimum atomic E-state index is -3.64. The Hall–Kier alpha value is -1.17. The Morgan fingerprint density at radius 1 is 1.16 bits per heavy atom. The molecule has 2 rings (SSSR count). The van der Waals surface area contributed by atoms with E-state index in [2.05, 4.69) is 4.98 Å². The van der Waals surface area contributed by atoms with Crippen molar-refractivity contribution in [2.75, 3.05) is 0 Å². The van der Waals surface area contributed by atoms with E-state index in [0.29, 0.717) is 10.6 Å². The van der Waals surface area contributed by atoms with E-state index in [1.807, 2.05) is 0 Å². The maximum absolute atomic E-state index is 12.9. The van der Waals surface area contributed by atoms with Crippen LogP contribution in [0, 0.1) is 5.82 Å².